The number of nitrogens with zero attached hydrogens (tertiary/aromatic N) is 1. The van der Waals surface area contributed by atoms with Gasteiger partial charge in [-0.15, -0.1) is 0 Å². The van der Waals surface area contributed by atoms with Crippen molar-refractivity contribution in [2.75, 3.05) is 64.7 Å². The largest absolute Gasteiger partial charge is 0.494 e. The number of aryl methyl sites for hydroxylation is 1. The molecular weight excluding hydrogens is 798 g/mol. The lowest BCUT2D eigenvalue weighted by Crippen LogP contribution is -2.67. The zero-order valence-corrected chi connectivity index (χ0v) is 33.9. The Kier molecular flexibility index (Phi) is 17.8. The summed E-state index contributed by atoms with van der Waals surface area (Å²) in [6, 6.07) is 6.38. The molecule has 1 aromatic carbocycles. The third-order valence-electron chi connectivity index (χ3n) is 12.1. The summed E-state index contributed by atoms with van der Waals surface area (Å²) in [6.45, 7) is 3.17. The number of hydrogen-bond donors (Lipinski definition) is 2. The van der Waals surface area contributed by atoms with E-state index in [2.05, 4.69) is 35.7 Å². The van der Waals surface area contributed by atoms with Crippen LogP contribution in [0.3, 0.4) is 0 Å². The molecule has 0 heterocycles. The minimum Gasteiger partial charge on any atom is -0.494 e. The summed E-state index contributed by atoms with van der Waals surface area (Å²) in [6.07, 6.45) is -10.9. The van der Waals surface area contributed by atoms with Gasteiger partial charge < -0.3 is 29.3 Å². The SMILES string of the molecule is CN(CCCCC(CO)CO)CCCSSCCCOc1ccc2c(c1)CC[C@@H]1[C@@H]2CC[C@]2(C)[C@@H](OCCCOC(C(F)(F)F)(C(F)(F)F)C(F)(F)F)CC[C@@H]12. The minimum atomic E-state index is -6.74. The van der Waals surface area contributed by atoms with Gasteiger partial charge in [-0.25, -0.2) is 0 Å². The molecule has 0 aromatic heterocycles. The normalized spacial score (nSPS) is 24.4. The summed E-state index contributed by atoms with van der Waals surface area (Å²) in [4.78, 5) is 2.34. The van der Waals surface area contributed by atoms with Crippen LogP contribution in [0.5, 0.6) is 5.75 Å². The van der Waals surface area contributed by atoms with Gasteiger partial charge in [-0.2, -0.15) is 39.5 Å². The zero-order valence-electron chi connectivity index (χ0n) is 32.3. The van der Waals surface area contributed by atoms with Crippen LogP contribution in [0.4, 0.5) is 39.5 Å². The number of benzene rings is 1. The van der Waals surface area contributed by atoms with Crippen LogP contribution in [0.2, 0.25) is 0 Å². The molecule has 1 aromatic rings. The molecule has 3 aliphatic rings. The number of ether oxygens (including phenoxy) is 3. The maximum absolute atomic E-state index is 13.2. The van der Waals surface area contributed by atoms with Gasteiger partial charge in [-0.05, 0) is 137 Å². The number of unbranched alkanes of at least 4 members (excludes halogenated alkanes) is 1. The van der Waals surface area contributed by atoms with Gasteiger partial charge >= 0.3 is 24.1 Å². The van der Waals surface area contributed by atoms with E-state index in [1.54, 1.807) is 0 Å². The van der Waals surface area contributed by atoms with E-state index in [1.165, 1.54) is 11.1 Å². The molecule has 2 fully saturated rings. The molecule has 0 bridgehead atoms. The van der Waals surface area contributed by atoms with Crippen LogP contribution in [-0.2, 0) is 15.9 Å². The van der Waals surface area contributed by atoms with E-state index in [0.717, 1.165) is 94.6 Å². The standard InChI is InChI=1S/C39H58F9NO5S2/c1-35-16-15-31-30-12-10-29(52-20-7-23-56-55-22-5-18-49(2)17-4-3-8-27(25-50)26-51)24-28(30)9-11-32(31)33(35)13-14-34(35)53-19-6-21-54-36(37(40,41)42,38(43,44)45)39(46,47)48/h10,12,24,27,31-34,50-51H,3-9,11,13-23,25-26H2,1-2H3/t31-,32-,33+,34+,35+/m1/s1. The smallest absolute Gasteiger partial charge is 0.435 e. The van der Waals surface area contributed by atoms with Gasteiger partial charge in [0.1, 0.15) is 5.75 Å². The first-order valence-electron chi connectivity index (χ1n) is 19.8. The predicted octanol–water partition coefficient (Wildman–Crippen LogP) is 10.0. The Morgan fingerprint density at radius 2 is 1.46 bits per heavy atom. The summed E-state index contributed by atoms with van der Waals surface area (Å²) in [7, 11) is 5.88. The third kappa shape index (κ3) is 11.6. The second kappa shape index (κ2) is 20.9. The first kappa shape index (κ1) is 47.6. The Labute approximate surface area is 332 Å². The summed E-state index contributed by atoms with van der Waals surface area (Å²) in [5.41, 5.74) is -3.89. The third-order valence-corrected chi connectivity index (χ3v) is 14.7. The van der Waals surface area contributed by atoms with E-state index < -0.39 is 37.2 Å². The fourth-order valence-corrected chi connectivity index (χ4v) is 11.2. The van der Waals surface area contributed by atoms with E-state index >= 15 is 0 Å². The van der Waals surface area contributed by atoms with Gasteiger partial charge in [0.25, 0.3) is 0 Å². The van der Waals surface area contributed by atoms with Gasteiger partial charge in [0.05, 0.1) is 19.3 Å². The maximum atomic E-state index is 13.2. The first-order chi connectivity index (χ1) is 26.4. The molecule has 2 saturated carbocycles. The topological polar surface area (TPSA) is 71.4 Å². The van der Waals surface area contributed by atoms with E-state index in [0.29, 0.717) is 30.8 Å². The minimum absolute atomic E-state index is 0.00435. The molecule has 6 nitrogen and oxygen atoms in total. The highest BCUT2D eigenvalue weighted by Gasteiger charge is 2.85. The molecule has 3 aliphatic carbocycles. The number of aliphatic hydroxyl groups is 2. The van der Waals surface area contributed by atoms with Crippen LogP contribution in [0, 0.1) is 23.2 Å². The highest BCUT2D eigenvalue weighted by Crippen LogP contribution is 2.62. The Morgan fingerprint density at radius 3 is 2.12 bits per heavy atom. The molecule has 0 saturated heterocycles. The molecule has 56 heavy (non-hydrogen) atoms. The van der Waals surface area contributed by atoms with Crippen molar-refractivity contribution >= 4 is 21.6 Å². The van der Waals surface area contributed by atoms with Crippen LogP contribution in [0.15, 0.2) is 18.2 Å². The second-order valence-electron chi connectivity index (χ2n) is 15.9. The van der Waals surface area contributed by atoms with Crippen molar-refractivity contribution in [3.8, 4) is 5.75 Å². The Bertz CT molecular complexity index is 1300. The Hall–Kier alpha value is -1.11. The lowest BCUT2D eigenvalue weighted by Gasteiger charge is -2.50. The van der Waals surface area contributed by atoms with Gasteiger partial charge in [0, 0.05) is 37.2 Å². The van der Waals surface area contributed by atoms with Gasteiger partial charge in [-0.1, -0.05) is 41.0 Å². The molecule has 0 radical (unpaired) electrons. The summed E-state index contributed by atoms with van der Waals surface area (Å²) in [5.74, 6) is 4.01. The molecule has 0 unspecified atom stereocenters. The quantitative estimate of drug-likeness (QED) is 0.0641. The number of aliphatic hydroxyl groups excluding tert-OH is 2. The second-order valence-corrected chi connectivity index (χ2v) is 18.6. The van der Waals surface area contributed by atoms with Crippen LogP contribution < -0.4 is 4.74 Å². The molecule has 0 spiro atoms. The number of hydrogen-bond acceptors (Lipinski definition) is 8. The van der Waals surface area contributed by atoms with Crippen LogP contribution in [-0.4, -0.2) is 110 Å². The monoisotopic (exact) mass is 855 g/mol. The average Bonchev–Trinajstić information content (AvgIpc) is 3.46. The van der Waals surface area contributed by atoms with Crippen LogP contribution in [0.1, 0.15) is 94.6 Å². The zero-order chi connectivity index (χ0) is 41.2. The molecule has 324 valence electrons. The van der Waals surface area contributed by atoms with E-state index in [-0.39, 0.29) is 37.3 Å². The van der Waals surface area contributed by atoms with E-state index in [9.17, 15) is 39.5 Å². The molecule has 17 heteroatoms. The molecule has 0 amide bonds. The van der Waals surface area contributed by atoms with Crippen LogP contribution in [0.25, 0.3) is 0 Å². The van der Waals surface area contributed by atoms with Gasteiger partial charge in [0.15, 0.2) is 0 Å². The number of alkyl halides is 9. The molecule has 5 atom stereocenters. The summed E-state index contributed by atoms with van der Waals surface area (Å²) < 4.78 is 134. The van der Waals surface area contributed by atoms with Crippen molar-refractivity contribution in [1.82, 2.24) is 4.90 Å². The van der Waals surface area contributed by atoms with Crippen LogP contribution >= 0.6 is 21.6 Å². The number of rotatable bonds is 23. The Balaban J connectivity index is 1.14. The highest BCUT2D eigenvalue weighted by atomic mass is 33.1. The predicted molar refractivity (Wildman–Crippen MR) is 201 cm³/mol. The lowest BCUT2D eigenvalue weighted by molar-refractivity contribution is -0.457. The molecule has 4 rings (SSSR count). The van der Waals surface area contributed by atoms with E-state index in [4.69, 9.17) is 19.7 Å². The average molecular weight is 856 g/mol. The van der Waals surface area contributed by atoms with Crippen molar-refractivity contribution in [3.63, 3.8) is 0 Å². The molecular formula is C39H58F9NO5S2. The van der Waals surface area contributed by atoms with Gasteiger partial charge in [-0.3, -0.25) is 0 Å². The Morgan fingerprint density at radius 1 is 0.804 bits per heavy atom. The molecule has 2 N–H and O–H groups in total. The van der Waals surface area contributed by atoms with Crippen molar-refractivity contribution in [1.29, 1.82) is 0 Å². The number of halogens is 9. The van der Waals surface area contributed by atoms with Crippen molar-refractivity contribution in [2.45, 2.75) is 120 Å². The fraction of sp³-hybridized carbons (Fsp3) is 0.846. The maximum Gasteiger partial charge on any atom is 0.435 e. The molecule has 0 aliphatic heterocycles. The van der Waals surface area contributed by atoms with Gasteiger partial charge in [0.2, 0.25) is 0 Å². The van der Waals surface area contributed by atoms with Crippen molar-refractivity contribution < 1.29 is 63.9 Å². The summed E-state index contributed by atoms with van der Waals surface area (Å²) in [5, 5.41) is 18.3. The van der Waals surface area contributed by atoms with Crippen molar-refractivity contribution in [2.24, 2.45) is 23.2 Å². The van der Waals surface area contributed by atoms with E-state index in [1.807, 2.05) is 27.7 Å². The summed E-state index contributed by atoms with van der Waals surface area (Å²) >= 11 is 0. The first-order valence-corrected chi connectivity index (χ1v) is 22.2. The van der Waals surface area contributed by atoms with Crippen molar-refractivity contribution in [3.05, 3.63) is 29.3 Å². The fourth-order valence-electron chi connectivity index (χ4n) is 9.10. The lowest BCUT2D eigenvalue weighted by atomic mass is 9.55. The number of fused-ring (bicyclic) bond motifs is 5. The highest BCUT2D eigenvalue weighted by molar-refractivity contribution is 8.76.